The molecule has 0 aliphatic carbocycles. The van der Waals surface area contributed by atoms with Crippen LogP contribution in [0.25, 0.3) is 5.69 Å². The number of carboxylic acids is 1. The van der Waals surface area contributed by atoms with Gasteiger partial charge in [-0.1, -0.05) is 0 Å². The highest BCUT2D eigenvalue weighted by Crippen LogP contribution is 2.21. The van der Waals surface area contributed by atoms with E-state index in [1.165, 1.54) is 11.8 Å². The molecule has 1 aromatic carbocycles. The zero-order chi connectivity index (χ0) is 21.0. The quantitative estimate of drug-likeness (QED) is 0.832. The molecule has 8 nitrogen and oxygen atoms in total. The molecule has 0 saturated carbocycles. The van der Waals surface area contributed by atoms with Gasteiger partial charge in [0.05, 0.1) is 5.69 Å². The molecule has 2 amide bonds. The number of rotatable bonds is 5. The van der Waals surface area contributed by atoms with Crippen LogP contribution >= 0.6 is 0 Å². The van der Waals surface area contributed by atoms with Crippen LogP contribution in [0.1, 0.15) is 42.1 Å². The fourth-order valence-corrected chi connectivity index (χ4v) is 3.88. The van der Waals surface area contributed by atoms with E-state index >= 15 is 0 Å². The molecule has 2 heterocycles. The predicted molar refractivity (Wildman–Crippen MR) is 107 cm³/mol. The van der Waals surface area contributed by atoms with Crippen molar-refractivity contribution in [3.63, 3.8) is 0 Å². The summed E-state index contributed by atoms with van der Waals surface area (Å²) in [6.45, 7) is 4.12. The third-order valence-electron chi connectivity index (χ3n) is 5.33. The Bertz CT molecular complexity index is 894. The molecule has 0 spiro atoms. The maximum Gasteiger partial charge on any atom is 0.323 e. The minimum atomic E-state index is -1.02. The number of benzene rings is 1. The number of carboxylic acid groups (broad SMARTS) is 1. The molecule has 1 aliphatic heterocycles. The fourth-order valence-electron chi connectivity index (χ4n) is 3.88. The lowest BCUT2D eigenvalue weighted by molar-refractivity contribution is -0.145. The number of carbonyl (C=O) groups excluding carboxylic acids is 2. The van der Waals surface area contributed by atoms with Gasteiger partial charge in [-0.2, -0.15) is 5.10 Å². The number of hydrogen-bond donors (Lipinski definition) is 1. The summed E-state index contributed by atoms with van der Waals surface area (Å²) < 4.78 is 1.76. The average Bonchev–Trinajstić information content (AvgIpc) is 3.09. The van der Waals surface area contributed by atoms with Gasteiger partial charge >= 0.3 is 5.97 Å². The number of aromatic nitrogens is 2. The summed E-state index contributed by atoms with van der Waals surface area (Å²) in [6.07, 6.45) is 5.55. The van der Waals surface area contributed by atoms with E-state index in [1.54, 1.807) is 21.8 Å². The summed E-state index contributed by atoms with van der Waals surface area (Å²) >= 11 is 0. The van der Waals surface area contributed by atoms with Crippen LogP contribution in [0.5, 0.6) is 0 Å². The van der Waals surface area contributed by atoms with Crippen molar-refractivity contribution in [3.8, 4) is 5.69 Å². The molecular weight excluding hydrogens is 372 g/mol. The second kappa shape index (κ2) is 8.89. The van der Waals surface area contributed by atoms with Crippen molar-refractivity contribution in [2.45, 2.75) is 39.2 Å². The Balaban J connectivity index is 1.70. The number of likely N-dealkylation sites (tertiary alicyclic amines) is 1. The maximum atomic E-state index is 13.0. The fraction of sp³-hybridized carbons (Fsp3) is 0.429. The molecule has 1 N–H and O–H groups in total. The van der Waals surface area contributed by atoms with Gasteiger partial charge in [-0.05, 0) is 56.0 Å². The Kier molecular flexibility index (Phi) is 6.31. The molecule has 154 valence electrons. The Morgan fingerprint density at radius 2 is 2.03 bits per heavy atom. The summed E-state index contributed by atoms with van der Waals surface area (Å²) in [5.74, 6) is -1.32. The molecular formula is C21H26N4O4. The Labute approximate surface area is 169 Å². The van der Waals surface area contributed by atoms with E-state index < -0.39 is 5.97 Å². The summed E-state index contributed by atoms with van der Waals surface area (Å²) in [4.78, 5) is 39.2. The van der Waals surface area contributed by atoms with Gasteiger partial charge < -0.3 is 14.9 Å². The first-order valence-corrected chi connectivity index (χ1v) is 9.75. The molecule has 1 atom stereocenters. The second-order valence-electron chi connectivity index (χ2n) is 7.37. The monoisotopic (exact) mass is 398 g/mol. The van der Waals surface area contributed by atoms with Gasteiger partial charge in [0.1, 0.15) is 6.54 Å². The summed E-state index contributed by atoms with van der Waals surface area (Å²) in [7, 11) is 0. The van der Waals surface area contributed by atoms with Crippen LogP contribution < -0.4 is 0 Å². The predicted octanol–water partition coefficient (Wildman–Crippen LogP) is 2.11. The second-order valence-corrected chi connectivity index (χ2v) is 7.37. The van der Waals surface area contributed by atoms with E-state index in [4.69, 9.17) is 5.11 Å². The molecule has 0 radical (unpaired) electrons. The van der Waals surface area contributed by atoms with Crippen molar-refractivity contribution in [3.05, 3.63) is 47.8 Å². The lowest BCUT2D eigenvalue weighted by atomic mass is 10.1. The number of hydrogen-bond acceptors (Lipinski definition) is 4. The van der Waals surface area contributed by atoms with E-state index in [2.05, 4.69) is 5.10 Å². The van der Waals surface area contributed by atoms with Gasteiger partial charge in [0.25, 0.3) is 5.91 Å². The van der Waals surface area contributed by atoms with Crippen LogP contribution in [0, 0.1) is 6.92 Å². The Morgan fingerprint density at radius 3 is 2.66 bits per heavy atom. The molecule has 8 heteroatoms. The highest BCUT2D eigenvalue weighted by molar-refractivity contribution is 5.94. The maximum absolute atomic E-state index is 13.0. The van der Waals surface area contributed by atoms with Crippen LogP contribution in [-0.4, -0.2) is 68.1 Å². The highest BCUT2D eigenvalue weighted by atomic mass is 16.4. The molecule has 29 heavy (non-hydrogen) atoms. The van der Waals surface area contributed by atoms with E-state index in [-0.39, 0.29) is 24.4 Å². The van der Waals surface area contributed by atoms with Crippen LogP contribution in [0.2, 0.25) is 0 Å². The SMILES string of the molecule is CC(=O)N(CC(=O)O)C1CCCN(C(=O)c2ccc(-n3cccn3)c(C)c2)CC1. The molecule has 0 bridgehead atoms. The first kappa shape index (κ1) is 20.6. The standard InChI is InChI=1S/C21H26N4O4/c1-15-13-17(6-7-19(15)25-11-4-9-22-25)21(29)23-10-3-5-18(8-12-23)24(16(2)26)14-20(27)28/h4,6-7,9,11,13,18H,3,5,8,10,12,14H2,1-2H3,(H,27,28). The number of aryl methyl sites for hydroxylation is 1. The number of carbonyl (C=O) groups is 3. The van der Waals surface area contributed by atoms with Crippen LogP contribution in [0.15, 0.2) is 36.7 Å². The summed E-state index contributed by atoms with van der Waals surface area (Å²) in [5.41, 5.74) is 2.50. The van der Waals surface area contributed by atoms with Crippen LogP contribution in [0.3, 0.4) is 0 Å². The third kappa shape index (κ3) is 4.82. The van der Waals surface area contributed by atoms with Gasteiger partial charge in [0.15, 0.2) is 0 Å². The number of aliphatic carboxylic acids is 1. The Hall–Kier alpha value is -3.16. The minimum Gasteiger partial charge on any atom is -0.480 e. The van der Waals surface area contributed by atoms with Gasteiger partial charge in [0.2, 0.25) is 5.91 Å². The molecule has 1 saturated heterocycles. The molecule has 3 rings (SSSR count). The highest BCUT2D eigenvalue weighted by Gasteiger charge is 2.28. The zero-order valence-corrected chi connectivity index (χ0v) is 16.7. The van der Waals surface area contributed by atoms with Crippen LogP contribution in [0.4, 0.5) is 0 Å². The molecule has 1 fully saturated rings. The largest absolute Gasteiger partial charge is 0.480 e. The van der Waals surface area contributed by atoms with Gasteiger partial charge in [-0.25, -0.2) is 4.68 Å². The van der Waals surface area contributed by atoms with E-state index in [9.17, 15) is 14.4 Å². The van der Waals surface area contributed by atoms with E-state index in [1.807, 2.05) is 31.3 Å². The molecule has 1 aromatic heterocycles. The van der Waals surface area contributed by atoms with Gasteiger partial charge in [-0.15, -0.1) is 0 Å². The lowest BCUT2D eigenvalue weighted by Crippen LogP contribution is -2.43. The number of nitrogens with zero attached hydrogens (tertiary/aromatic N) is 4. The lowest BCUT2D eigenvalue weighted by Gasteiger charge is -2.29. The average molecular weight is 398 g/mol. The summed E-state index contributed by atoms with van der Waals surface area (Å²) in [5, 5.41) is 13.3. The first-order chi connectivity index (χ1) is 13.9. The van der Waals surface area contributed by atoms with E-state index in [0.29, 0.717) is 31.5 Å². The Morgan fingerprint density at radius 1 is 1.24 bits per heavy atom. The minimum absolute atomic E-state index is 0.0478. The zero-order valence-electron chi connectivity index (χ0n) is 16.7. The first-order valence-electron chi connectivity index (χ1n) is 9.75. The van der Waals surface area contributed by atoms with Crippen LogP contribution in [-0.2, 0) is 9.59 Å². The topological polar surface area (TPSA) is 95.7 Å². The van der Waals surface area contributed by atoms with Gasteiger partial charge in [0, 0.05) is 44.0 Å². The van der Waals surface area contributed by atoms with E-state index in [0.717, 1.165) is 17.7 Å². The van der Waals surface area contributed by atoms with Crippen molar-refractivity contribution in [1.82, 2.24) is 19.6 Å². The van der Waals surface area contributed by atoms with Crippen molar-refractivity contribution >= 4 is 17.8 Å². The molecule has 1 unspecified atom stereocenters. The smallest absolute Gasteiger partial charge is 0.323 e. The number of amides is 2. The van der Waals surface area contributed by atoms with Gasteiger partial charge in [-0.3, -0.25) is 14.4 Å². The third-order valence-corrected chi connectivity index (χ3v) is 5.33. The molecule has 1 aliphatic rings. The normalized spacial score (nSPS) is 16.9. The van der Waals surface area contributed by atoms with Crippen molar-refractivity contribution in [1.29, 1.82) is 0 Å². The summed E-state index contributed by atoms with van der Waals surface area (Å²) in [6, 6.07) is 7.25. The molecule has 2 aromatic rings. The van der Waals surface area contributed by atoms with Crippen molar-refractivity contribution in [2.75, 3.05) is 19.6 Å². The van der Waals surface area contributed by atoms with Crippen molar-refractivity contribution < 1.29 is 19.5 Å². The van der Waals surface area contributed by atoms with Crippen molar-refractivity contribution in [2.24, 2.45) is 0 Å².